The summed E-state index contributed by atoms with van der Waals surface area (Å²) >= 11 is 0. The molecule has 0 aliphatic carbocycles. The van der Waals surface area contributed by atoms with Crippen LogP contribution >= 0.6 is 0 Å². The summed E-state index contributed by atoms with van der Waals surface area (Å²) in [5, 5.41) is 0. The Morgan fingerprint density at radius 2 is 1.88 bits per heavy atom. The number of esters is 1. The zero-order chi connectivity index (χ0) is 12.7. The highest BCUT2D eigenvalue weighted by atomic mass is 16.5. The predicted octanol–water partition coefficient (Wildman–Crippen LogP) is 1.65. The molecule has 1 aromatic carbocycles. The van der Waals surface area contributed by atoms with Gasteiger partial charge in [0.05, 0.1) is 6.61 Å². The van der Waals surface area contributed by atoms with E-state index < -0.39 is 11.8 Å². The summed E-state index contributed by atoms with van der Waals surface area (Å²) in [7, 11) is 1.88. The van der Waals surface area contributed by atoms with Crippen molar-refractivity contribution in [3.05, 3.63) is 30.3 Å². The summed E-state index contributed by atoms with van der Waals surface area (Å²) in [6, 6.07) is 9.70. The van der Waals surface area contributed by atoms with Gasteiger partial charge in [-0.05, 0) is 19.1 Å². The summed E-state index contributed by atoms with van der Waals surface area (Å²) in [5.74, 6) is -1.22. The van der Waals surface area contributed by atoms with Gasteiger partial charge in [0.25, 0.3) is 0 Å². The van der Waals surface area contributed by atoms with Crippen LogP contribution in [0.2, 0.25) is 0 Å². The second-order valence-corrected chi connectivity index (χ2v) is 3.65. The lowest BCUT2D eigenvalue weighted by Gasteiger charge is -2.18. The van der Waals surface area contributed by atoms with E-state index in [9.17, 15) is 9.59 Å². The van der Waals surface area contributed by atoms with Gasteiger partial charge in [-0.25, -0.2) is 4.79 Å². The largest absolute Gasteiger partial charge is 0.460 e. The summed E-state index contributed by atoms with van der Waals surface area (Å²) < 4.78 is 4.63. The monoisotopic (exact) mass is 235 g/mol. The number of carbonyl (C=O) groups excluding carboxylic acids is 2. The quantitative estimate of drug-likeness (QED) is 0.555. The van der Waals surface area contributed by atoms with Gasteiger partial charge in [-0.3, -0.25) is 4.79 Å². The molecule has 0 aliphatic heterocycles. The molecule has 0 fully saturated rings. The van der Waals surface area contributed by atoms with Crippen LogP contribution in [-0.4, -0.2) is 32.0 Å². The number of anilines is 1. The highest BCUT2D eigenvalue weighted by Gasteiger charge is 2.15. The van der Waals surface area contributed by atoms with E-state index in [4.69, 9.17) is 0 Å². The van der Waals surface area contributed by atoms with E-state index in [1.807, 2.05) is 42.3 Å². The van der Waals surface area contributed by atoms with Gasteiger partial charge in [-0.2, -0.15) is 0 Å². The zero-order valence-electron chi connectivity index (χ0n) is 10.2. The highest BCUT2D eigenvalue weighted by molar-refractivity contribution is 6.33. The molecule has 0 saturated heterocycles. The SMILES string of the molecule is CCOC(=O)C(=O)CCN(C)c1ccccc1. The van der Waals surface area contributed by atoms with Crippen molar-refractivity contribution in [2.24, 2.45) is 0 Å². The zero-order valence-corrected chi connectivity index (χ0v) is 10.2. The third-order valence-electron chi connectivity index (χ3n) is 2.37. The van der Waals surface area contributed by atoms with E-state index in [0.29, 0.717) is 6.54 Å². The first-order valence-electron chi connectivity index (χ1n) is 5.61. The fourth-order valence-electron chi connectivity index (χ4n) is 1.39. The van der Waals surface area contributed by atoms with E-state index in [0.717, 1.165) is 5.69 Å². The fourth-order valence-corrected chi connectivity index (χ4v) is 1.39. The second-order valence-electron chi connectivity index (χ2n) is 3.65. The molecule has 1 rings (SSSR count). The molecule has 0 atom stereocenters. The number of carbonyl (C=O) groups is 2. The molecule has 4 nitrogen and oxygen atoms in total. The Kier molecular flexibility index (Phi) is 5.20. The Morgan fingerprint density at radius 3 is 2.47 bits per heavy atom. The number of nitrogens with zero attached hydrogens (tertiary/aromatic N) is 1. The lowest BCUT2D eigenvalue weighted by atomic mass is 10.2. The maximum absolute atomic E-state index is 11.4. The topological polar surface area (TPSA) is 46.6 Å². The van der Waals surface area contributed by atoms with Gasteiger partial charge in [0.2, 0.25) is 5.78 Å². The van der Waals surface area contributed by atoms with Crippen LogP contribution in [0.15, 0.2) is 30.3 Å². The molecule has 0 spiro atoms. The third kappa shape index (κ3) is 4.26. The molecule has 4 heteroatoms. The molecule has 0 heterocycles. The fraction of sp³-hybridized carbons (Fsp3) is 0.385. The van der Waals surface area contributed by atoms with Crippen LogP contribution in [-0.2, 0) is 14.3 Å². The Labute approximate surface area is 101 Å². The van der Waals surface area contributed by atoms with Crippen LogP contribution in [0.25, 0.3) is 0 Å². The molecule has 0 unspecified atom stereocenters. The molecular weight excluding hydrogens is 218 g/mol. The van der Waals surface area contributed by atoms with Gasteiger partial charge >= 0.3 is 5.97 Å². The van der Waals surface area contributed by atoms with Crippen LogP contribution in [0.4, 0.5) is 5.69 Å². The number of ether oxygens (including phenoxy) is 1. The summed E-state index contributed by atoms with van der Waals surface area (Å²) in [6.07, 6.45) is 0.171. The number of hydrogen-bond donors (Lipinski definition) is 0. The average molecular weight is 235 g/mol. The van der Waals surface area contributed by atoms with E-state index in [-0.39, 0.29) is 13.0 Å². The molecule has 0 saturated carbocycles. The first-order valence-corrected chi connectivity index (χ1v) is 5.61. The Balaban J connectivity index is 2.41. The minimum atomic E-state index is -0.742. The van der Waals surface area contributed by atoms with Gasteiger partial charge in [-0.15, -0.1) is 0 Å². The summed E-state index contributed by atoms with van der Waals surface area (Å²) in [6.45, 7) is 2.42. The first kappa shape index (κ1) is 13.2. The number of Topliss-reactive ketones (excluding diaryl/α,β-unsaturated/α-hetero) is 1. The standard InChI is InChI=1S/C13H17NO3/c1-3-17-13(16)12(15)9-10-14(2)11-7-5-4-6-8-11/h4-8H,3,9-10H2,1-2H3. The molecule has 0 N–H and O–H groups in total. The maximum Gasteiger partial charge on any atom is 0.374 e. The van der Waals surface area contributed by atoms with E-state index in [2.05, 4.69) is 4.74 Å². The molecule has 92 valence electrons. The van der Waals surface area contributed by atoms with E-state index in [1.54, 1.807) is 6.92 Å². The van der Waals surface area contributed by atoms with Gasteiger partial charge in [0.15, 0.2) is 0 Å². The molecule has 17 heavy (non-hydrogen) atoms. The Morgan fingerprint density at radius 1 is 1.24 bits per heavy atom. The minimum Gasteiger partial charge on any atom is -0.460 e. The number of ketones is 1. The molecule has 0 radical (unpaired) electrons. The second kappa shape index (κ2) is 6.68. The Hall–Kier alpha value is -1.84. The lowest BCUT2D eigenvalue weighted by Crippen LogP contribution is -2.25. The van der Waals surface area contributed by atoms with Crippen LogP contribution in [0, 0.1) is 0 Å². The van der Waals surface area contributed by atoms with E-state index >= 15 is 0 Å². The van der Waals surface area contributed by atoms with Crippen molar-refractivity contribution in [2.75, 3.05) is 25.1 Å². The number of benzene rings is 1. The molecule has 0 aromatic heterocycles. The maximum atomic E-state index is 11.4. The van der Waals surface area contributed by atoms with Gasteiger partial charge in [0.1, 0.15) is 0 Å². The van der Waals surface area contributed by atoms with E-state index in [1.165, 1.54) is 0 Å². The van der Waals surface area contributed by atoms with Gasteiger partial charge in [0, 0.05) is 25.7 Å². The van der Waals surface area contributed by atoms with Crippen molar-refractivity contribution in [3.8, 4) is 0 Å². The molecule has 0 amide bonds. The van der Waals surface area contributed by atoms with Gasteiger partial charge < -0.3 is 9.64 Å². The molecule has 0 aliphatic rings. The van der Waals surface area contributed by atoms with Crippen molar-refractivity contribution in [1.29, 1.82) is 0 Å². The van der Waals surface area contributed by atoms with Crippen molar-refractivity contribution in [2.45, 2.75) is 13.3 Å². The van der Waals surface area contributed by atoms with Crippen LogP contribution < -0.4 is 4.90 Å². The normalized spacial score (nSPS) is 9.76. The molecule has 0 bridgehead atoms. The minimum absolute atomic E-state index is 0.171. The van der Waals surface area contributed by atoms with Crippen molar-refractivity contribution in [1.82, 2.24) is 0 Å². The third-order valence-corrected chi connectivity index (χ3v) is 2.37. The molecule has 1 aromatic rings. The smallest absolute Gasteiger partial charge is 0.374 e. The number of rotatable bonds is 6. The summed E-state index contributed by atoms with van der Waals surface area (Å²) in [5.41, 5.74) is 1.02. The highest BCUT2D eigenvalue weighted by Crippen LogP contribution is 2.11. The number of para-hydroxylation sites is 1. The van der Waals surface area contributed by atoms with Crippen LogP contribution in [0.1, 0.15) is 13.3 Å². The van der Waals surface area contributed by atoms with Crippen LogP contribution in [0.5, 0.6) is 0 Å². The van der Waals surface area contributed by atoms with Crippen LogP contribution in [0.3, 0.4) is 0 Å². The molecular formula is C13H17NO3. The summed E-state index contributed by atoms with van der Waals surface area (Å²) in [4.78, 5) is 24.4. The predicted molar refractivity (Wildman–Crippen MR) is 66.0 cm³/mol. The van der Waals surface area contributed by atoms with Crippen molar-refractivity contribution < 1.29 is 14.3 Å². The number of hydrogen-bond acceptors (Lipinski definition) is 4. The average Bonchev–Trinajstić information content (AvgIpc) is 2.36. The van der Waals surface area contributed by atoms with Gasteiger partial charge in [-0.1, -0.05) is 18.2 Å². The van der Waals surface area contributed by atoms with Crippen molar-refractivity contribution >= 4 is 17.4 Å². The van der Waals surface area contributed by atoms with Crippen molar-refractivity contribution in [3.63, 3.8) is 0 Å². The first-order chi connectivity index (χ1) is 8.15. The Bertz CT molecular complexity index is 376. The lowest BCUT2D eigenvalue weighted by molar-refractivity contribution is -0.153.